The van der Waals surface area contributed by atoms with Gasteiger partial charge in [-0.2, -0.15) is 0 Å². The summed E-state index contributed by atoms with van der Waals surface area (Å²) in [7, 11) is 16.6. The largest absolute Gasteiger partial charge is 0.352 e. The van der Waals surface area contributed by atoms with Gasteiger partial charge in [-0.05, 0) is 164 Å². The van der Waals surface area contributed by atoms with Crippen LogP contribution in [0.5, 0.6) is 0 Å². The minimum Gasteiger partial charge on any atom is -0.352 e. The molecule has 0 fully saturated rings. The molecule has 0 spiro atoms. The molecule has 0 aliphatic heterocycles. The van der Waals surface area contributed by atoms with E-state index in [0.717, 1.165) is 62.9 Å². The zero-order chi connectivity index (χ0) is 77.7. The second kappa shape index (κ2) is 28.4. The molecule has 2 aromatic carbocycles. The maximum Gasteiger partial charge on any atom is 0.159 e. The van der Waals surface area contributed by atoms with Crippen LogP contribution < -0.4 is 0 Å². The molecule has 0 saturated carbocycles. The molecule has 0 radical (unpaired) electrons. The van der Waals surface area contributed by atoms with Crippen LogP contribution in [0.3, 0.4) is 0 Å². The molecule has 1 aliphatic carbocycles. The van der Waals surface area contributed by atoms with Crippen molar-refractivity contribution >= 4 is 116 Å². The van der Waals surface area contributed by atoms with Gasteiger partial charge in [-0.3, -0.25) is 13.2 Å². The molecule has 112 heavy (non-hydrogen) atoms. The lowest BCUT2D eigenvalue weighted by Crippen LogP contribution is -1.94. The summed E-state index contributed by atoms with van der Waals surface area (Å²) in [6.45, 7) is 16.8. The first-order chi connectivity index (χ1) is 54.2. The molecule has 0 amide bonds. The SMILES string of the molecule is Cc1c2c(cn1C)nc1ccccn12.Cc1c2cc3ccccn3c2cn1C.Cc1c2nc3ccccn3c2cn1C.Cc1cc2c(nc3ccccn32)n1C.Cc1cc2cc3ccccn3c2n1C.Cc1cn2cc3ccccc3c2n1C.Cc1nc2c(n1C)-c1ccccc1C2.Cc1nc2cc3ccccn3c2n1C. The normalized spacial score (nSPS) is 11.7. The van der Waals surface area contributed by atoms with E-state index in [1.807, 2.05) is 114 Å². The second-order valence-electron chi connectivity index (χ2n) is 29.5. The predicted octanol–water partition coefficient (Wildman–Crippen LogP) is 19.1. The molecule has 1 aliphatic rings. The highest BCUT2D eigenvalue weighted by molar-refractivity contribution is 5.96. The van der Waals surface area contributed by atoms with Crippen molar-refractivity contribution in [3.05, 3.63) is 313 Å². The molecular formula is C92H92N20. The zero-order valence-electron chi connectivity index (χ0n) is 66.4. The number of aromatic nitrogens is 20. The molecule has 0 N–H and O–H groups in total. The topological polar surface area (TPSA) is 135 Å². The Labute approximate surface area is 647 Å². The molecule has 24 rings (SSSR count). The van der Waals surface area contributed by atoms with Gasteiger partial charge in [0.2, 0.25) is 0 Å². The van der Waals surface area contributed by atoms with Crippen LogP contribution in [0.15, 0.2) is 256 Å². The summed E-state index contributed by atoms with van der Waals surface area (Å²) in [6, 6.07) is 64.9. The van der Waals surface area contributed by atoms with E-state index in [2.05, 4.69) is 346 Å². The number of imidazole rings is 6. The number of pyridine rings is 6. The van der Waals surface area contributed by atoms with Crippen molar-refractivity contribution in [2.24, 2.45) is 56.4 Å². The number of hydrogen-bond acceptors (Lipinski definition) is 5. The molecule has 560 valence electrons. The molecular weight excluding hydrogens is 1390 g/mol. The summed E-state index contributed by atoms with van der Waals surface area (Å²) in [4.78, 5) is 22.7. The molecule has 21 aromatic heterocycles. The molecule has 21 heterocycles. The van der Waals surface area contributed by atoms with Crippen LogP contribution in [0.4, 0.5) is 0 Å². The summed E-state index contributed by atoms with van der Waals surface area (Å²) < 4.78 is 32.4. The first-order valence-electron chi connectivity index (χ1n) is 37.9. The maximum absolute atomic E-state index is 4.58. The fraction of sp³-hybridized carbons (Fsp3) is 0.185. The average molecular weight is 1480 g/mol. The van der Waals surface area contributed by atoms with E-state index in [9.17, 15) is 0 Å². The number of benzene rings is 2. The summed E-state index contributed by atoms with van der Waals surface area (Å²) in [5.74, 6) is 2.15. The van der Waals surface area contributed by atoms with Gasteiger partial charge in [0.25, 0.3) is 0 Å². The lowest BCUT2D eigenvalue weighted by Gasteiger charge is -2.03. The van der Waals surface area contributed by atoms with Crippen molar-refractivity contribution in [3.63, 3.8) is 0 Å². The third kappa shape index (κ3) is 12.3. The van der Waals surface area contributed by atoms with Gasteiger partial charge in [0, 0.05) is 209 Å². The molecule has 0 saturated heterocycles. The van der Waals surface area contributed by atoms with Gasteiger partial charge in [-0.25, -0.2) is 24.9 Å². The fourth-order valence-corrected chi connectivity index (χ4v) is 15.9. The maximum atomic E-state index is 4.58. The van der Waals surface area contributed by atoms with E-state index in [1.165, 1.54) is 128 Å². The monoisotopic (exact) mass is 1480 g/mol. The van der Waals surface area contributed by atoms with Gasteiger partial charge in [0.05, 0.1) is 33.5 Å². The van der Waals surface area contributed by atoms with Crippen LogP contribution >= 0.6 is 0 Å². The van der Waals surface area contributed by atoms with Crippen molar-refractivity contribution < 1.29 is 0 Å². The molecule has 0 unspecified atom stereocenters. The van der Waals surface area contributed by atoms with Crippen molar-refractivity contribution in [2.75, 3.05) is 0 Å². The highest BCUT2D eigenvalue weighted by Gasteiger charge is 2.24. The van der Waals surface area contributed by atoms with E-state index in [0.29, 0.717) is 0 Å². The Morgan fingerprint density at radius 2 is 0.866 bits per heavy atom. The Hall–Kier alpha value is -13.8. The molecule has 23 aromatic rings. The molecule has 20 nitrogen and oxygen atoms in total. The molecule has 0 atom stereocenters. The number of fused-ring (bicyclic) bond motifs is 24. The summed E-state index contributed by atoms with van der Waals surface area (Å²) >= 11 is 0. The number of rotatable bonds is 0. The Kier molecular flexibility index (Phi) is 18.0. The minimum absolute atomic E-state index is 0.993. The number of hydrogen-bond donors (Lipinski definition) is 0. The van der Waals surface area contributed by atoms with Gasteiger partial charge < -0.3 is 54.1 Å². The van der Waals surface area contributed by atoms with Crippen LogP contribution in [0.2, 0.25) is 0 Å². The summed E-state index contributed by atoms with van der Waals surface area (Å²) in [5, 5.41) is 5.29. The van der Waals surface area contributed by atoms with Crippen LogP contribution in [-0.4, -0.2) is 92.3 Å². The Morgan fingerprint density at radius 3 is 1.59 bits per heavy atom. The van der Waals surface area contributed by atoms with E-state index < -0.39 is 0 Å². The molecule has 20 heteroatoms. The van der Waals surface area contributed by atoms with Gasteiger partial charge in [-0.15, -0.1) is 0 Å². The standard InChI is InChI=1S/4C12H12N2.4C11H11N3/c1-9-11-7-10-5-3-4-6-14(10)12(11)8-13(9)2;1-9-7-10-8-11-5-3-4-6-14(11)12(10)13(9)2;1-9-7-14-8-10-5-3-4-6-11(10)12(14)13(9)2;1-8-13-11-7-9-5-3-4-6-10(9)12(11)14(8)2;1-8-11-9(7-13(8)2)14-6-4-3-5-10(14)12-11;1-8-11-9(7-13(8)2)12-10-5-3-4-6-14(10)11;1-8-12-10-7-9-5-3-4-6-14(9)11(10)13(8)2;1-8-7-9-11(13(8)2)12-10-5-3-4-6-14(9)10/h3*3-8H,1-2H3;3-6H,7H2,1-2H3;4*3-7H,1-2H3. The highest BCUT2D eigenvalue weighted by atomic mass is 15.2. The summed E-state index contributed by atoms with van der Waals surface area (Å²) in [5.41, 5.74) is 32.5. The first kappa shape index (κ1) is 71.2. The third-order valence-electron chi connectivity index (χ3n) is 22.7. The van der Waals surface area contributed by atoms with E-state index >= 15 is 0 Å². The average Bonchev–Trinajstić information content (AvgIpc) is 1.71. The van der Waals surface area contributed by atoms with Crippen molar-refractivity contribution in [1.29, 1.82) is 0 Å². The third-order valence-corrected chi connectivity index (χ3v) is 22.7. The van der Waals surface area contributed by atoms with Crippen LogP contribution in [-0.2, 0) is 62.8 Å². The van der Waals surface area contributed by atoms with E-state index in [1.54, 1.807) is 0 Å². The second-order valence-corrected chi connectivity index (χ2v) is 29.5. The summed E-state index contributed by atoms with van der Waals surface area (Å²) in [6.07, 6.45) is 24.1. The van der Waals surface area contributed by atoms with Crippen molar-refractivity contribution in [1.82, 2.24) is 92.3 Å². The van der Waals surface area contributed by atoms with Crippen molar-refractivity contribution in [2.45, 2.75) is 61.8 Å². The quantitative estimate of drug-likeness (QED) is 0.149. The Bertz CT molecular complexity index is 6720. The Balaban J connectivity index is 0.0000000929. The smallest absolute Gasteiger partial charge is 0.159 e. The lowest BCUT2D eigenvalue weighted by molar-refractivity contribution is 0.863. The van der Waals surface area contributed by atoms with Gasteiger partial charge in [0.1, 0.15) is 62.1 Å². The predicted molar refractivity (Wildman–Crippen MR) is 458 cm³/mol. The molecule has 0 bridgehead atoms. The fourth-order valence-electron chi connectivity index (χ4n) is 15.9. The number of aryl methyl sites for hydroxylation is 15. The minimum atomic E-state index is 0.993. The number of nitrogens with zero attached hydrogens (tertiary/aromatic N) is 20. The van der Waals surface area contributed by atoms with Gasteiger partial charge >= 0.3 is 0 Å². The van der Waals surface area contributed by atoms with Crippen LogP contribution in [0.1, 0.15) is 57.1 Å². The Morgan fingerprint density at radius 1 is 0.321 bits per heavy atom. The zero-order valence-corrected chi connectivity index (χ0v) is 66.4. The van der Waals surface area contributed by atoms with Gasteiger partial charge in [-0.1, -0.05) is 84.9 Å². The van der Waals surface area contributed by atoms with Crippen LogP contribution in [0.25, 0.3) is 127 Å². The van der Waals surface area contributed by atoms with E-state index in [-0.39, 0.29) is 0 Å². The highest BCUT2D eigenvalue weighted by Crippen LogP contribution is 2.36. The van der Waals surface area contributed by atoms with Crippen LogP contribution in [0, 0.1) is 55.4 Å². The van der Waals surface area contributed by atoms with E-state index in [4.69, 9.17) is 0 Å². The van der Waals surface area contributed by atoms with Crippen molar-refractivity contribution in [3.8, 4) is 11.3 Å². The first-order valence-corrected chi connectivity index (χ1v) is 37.9. The van der Waals surface area contributed by atoms with Gasteiger partial charge in [0.15, 0.2) is 5.65 Å². The lowest BCUT2D eigenvalue weighted by atomic mass is 10.1.